The maximum Gasteiger partial charge on any atom is 0.314 e. The molecule has 0 atom stereocenters. The highest BCUT2D eigenvalue weighted by Gasteiger charge is 2.43. The zero-order chi connectivity index (χ0) is 16.4. The van der Waals surface area contributed by atoms with Crippen LogP contribution in [0, 0.1) is 0 Å². The van der Waals surface area contributed by atoms with Crippen molar-refractivity contribution in [2.75, 3.05) is 13.2 Å². The Morgan fingerprint density at radius 3 is 2.22 bits per heavy atom. The molecule has 1 fully saturated rings. The molecule has 1 aliphatic heterocycles. The summed E-state index contributed by atoms with van der Waals surface area (Å²) in [5, 5.41) is 10.0. The summed E-state index contributed by atoms with van der Waals surface area (Å²) < 4.78 is 11.6. The van der Waals surface area contributed by atoms with Gasteiger partial charge in [0.1, 0.15) is 0 Å². The minimum absolute atomic E-state index is 0.250. The van der Waals surface area contributed by atoms with Gasteiger partial charge in [-0.2, -0.15) is 0 Å². The number of carboxylic acids is 1. The summed E-state index contributed by atoms with van der Waals surface area (Å²) in [7, 11) is 0. The second-order valence-electron chi connectivity index (χ2n) is 7.04. The smallest absolute Gasteiger partial charge is 0.314 e. The van der Waals surface area contributed by atoms with Crippen LogP contribution in [0.25, 0.3) is 0 Å². The Balaban J connectivity index is 2.15. The molecule has 1 aliphatic carbocycles. The second kappa shape index (κ2) is 6.42. The van der Waals surface area contributed by atoms with Crippen molar-refractivity contribution in [3.8, 4) is 11.5 Å². The summed E-state index contributed by atoms with van der Waals surface area (Å²) in [5.74, 6) is 1.01. The number of aliphatic carboxylic acids is 1. The molecule has 1 saturated carbocycles. The first-order valence-electron chi connectivity index (χ1n) is 8.72. The predicted octanol–water partition coefficient (Wildman–Crippen LogP) is 4.26. The van der Waals surface area contributed by atoms with Crippen LogP contribution in [-0.2, 0) is 10.2 Å². The van der Waals surface area contributed by atoms with Crippen molar-refractivity contribution in [2.45, 2.75) is 63.7 Å². The lowest BCUT2D eigenvalue weighted by Crippen LogP contribution is -2.39. The fraction of sp³-hybridized carbons (Fsp3) is 0.632. The van der Waals surface area contributed by atoms with Crippen LogP contribution in [-0.4, -0.2) is 24.3 Å². The SMILES string of the molecule is CC(C)c1cc2c(cc1C1(C(=O)O)CCCCC1)OCCCO2. The van der Waals surface area contributed by atoms with E-state index in [2.05, 4.69) is 13.8 Å². The Morgan fingerprint density at radius 1 is 1.04 bits per heavy atom. The average molecular weight is 318 g/mol. The third-order valence-corrected chi connectivity index (χ3v) is 5.17. The Bertz CT molecular complexity index is 585. The Labute approximate surface area is 137 Å². The van der Waals surface area contributed by atoms with Gasteiger partial charge in [0.25, 0.3) is 0 Å². The number of carboxylic acid groups (broad SMARTS) is 1. The average Bonchev–Trinajstić information content (AvgIpc) is 2.78. The summed E-state index contributed by atoms with van der Waals surface area (Å²) in [6.45, 7) is 5.49. The van der Waals surface area contributed by atoms with Gasteiger partial charge in [-0.3, -0.25) is 4.79 Å². The van der Waals surface area contributed by atoms with Crippen molar-refractivity contribution in [3.05, 3.63) is 23.3 Å². The number of hydrogen-bond acceptors (Lipinski definition) is 3. The minimum atomic E-state index is -0.775. The van der Waals surface area contributed by atoms with Crippen LogP contribution in [0.3, 0.4) is 0 Å². The molecule has 1 aromatic carbocycles. The largest absolute Gasteiger partial charge is 0.490 e. The van der Waals surface area contributed by atoms with E-state index in [0.717, 1.165) is 42.6 Å². The normalized spacial score (nSPS) is 20.1. The van der Waals surface area contributed by atoms with E-state index >= 15 is 0 Å². The van der Waals surface area contributed by atoms with Crippen LogP contribution < -0.4 is 9.47 Å². The van der Waals surface area contributed by atoms with Crippen LogP contribution in [0.1, 0.15) is 69.4 Å². The molecule has 1 aromatic rings. The predicted molar refractivity (Wildman–Crippen MR) is 88.5 cm³/mol. The molecule has 3 rings (SSSR count). The fourth-order valence-corrected chi connectivity index (χ4v) is 3.87. The van der Waals surface area contributed by atoms with Gasteiger partial charge in [-0.05, 0) is 42.0 Å². The third-order valence-electron chi connectivity index (χ3n) is 5.17. The Hall–Kier alpha value is -1.71. The molecule has 0 amide bonds. The van der Waals surface area contributed by atoms with Crippen molar-refractivity contribution in [2.24, 2.45) is 0 Å². The quantitative estimate of drug-likeness (QED) is 0.905. The highest BCUT2D eigenvalue weighted by molar-refractivity contribution is 5.82. The highest BCUT2D eigenvalue weighted by atomic mass is 16.5. The van der Waals surface area contributed by atoms with E-state index in [0.29, 0.717) is 31.8 Å². The maximum absolute atomic E-state index is 12.2. The lowest BCUT2D eigenvalue weighted by atomic mass is 9.67. The van der Waals surface area contributed by atoms with Crippen molar-refractivity contribution >= 4 is 5.97 Å². The first-order chi connectivity index (χ1) is 11.0. The van der Waals surface area contributed by atoms with Gasteiger partial charge in [0.2, 0.25) is 0 Å². The maximum atomic E-state index is 12.2. The van der Waals surface area contributed by atoms with Gasteiger partial charge in [-0.25, -0.2) is 0 Å². The first kappa shape index (κ1) is 16.2. The van der Waals surface area contributed by atoms with Crippen LogP contribution in [0.15, 0.2) is 12.1 Å². The summed E-state index contributed by atoms with van der Waals surface area (Å²) in [4.78, 5) is 12.2. The van der Waals surface area contributed by atoms with E-state index in [1.807, 2.05) is 12.1 Å². The third kappa shape index (κ3) is 2.91. The molecule has 0 unspecified atom stereocenters. The van der Waals surface area contributed by atoms with Crippen LogP contribution in [0.4, 0.5) is 0 Å². The lowest BCUT2D eigenvalue weighted by molar-refractivity contribution is -0.145. The Kier molecular flexibility index (Phi) is 4.51. The molecule has 0 saturated heterocycles. The first-order valence-corrected chi connectivity index (χ1v) is 8.72. The lowest BCUT2D eigenvalue weighted by Gasteiger charge is -2.36. The summed E-state index contributed by atoms with van der Waals surface area (Å²) in [6, 6.07) is 3.97. The van der Waals surface area contributed by atoms with Crippen molar-refractivity contribution in [3.63, 3.8) is 0 Å². The molecule has 2 aliphatic rings. The molecule has 0 radical (unpaired) electrons. The number of hydrogen-bond donors (Lipinski definition) is 1. The minimum Gasteiger partial charge on any atom is -0.490 e. The molecule has 23 heavy (non-hydrogen) atoms. The van der Waals surface area contributed by atoms with E-state index in [1.165, 1.54) is 0 Å². The van der Waals surface area contributed by atoms with Gasteiger partial charge < -0.3 is 14.6 Å². The zero-order valence-electron chi connectivity index (χ0n) is 14.1. The molecule has 1 heterocycles. The number of fused-ring (bicyclic) bond motifs is 1. The van der Waals surface area contributed by atoms with E-state index < -0.39 is 11.4 Å². The number of benzene rings is 1. The molecule has 4 nitrogen and oxygen atoms in total. The summed E-state index contributed by atoms with van der Waals surface area (Å²) >= 11 is 0. The van der Waals surface area contributed by atoms with Crippen molar-refractivity contribution in [1.29, 1.82) is 0 Å². The van der Waals surface area contributed by atoms with E-state index in [4.69, 9.17) is 9.47 Å². The summed E-state index contributed by atoms with van der Waals surface area (Å²) in [6.07, 6.45) is 5.33. The molecular formula is C19H26O4. The molecule has 1 N–H and O–H groups in total. The van der Waals surface area contributed by atoms with Crippen molar-refractivity contribution in [1.82, 2.24) is 0 Å². The van der Waals surface area contributed by atoms with Gasteiger partial charge in [0, 0.05) is 6.42 Å². The summed E-state index contributed by atoms with van der Waals surface area (Å²) in [5.41, 5.74) is 1.24. The van der Waals surface area contributed by atoms with E-state index in [9.17, 15) is 9.90 Å². The second-order valence-corrected chi connectivity index (χ2v) is 7.04. The molecule has 4 heteroatoms. The van der Waals surface area contributed by atoms with E-state index in [1.54, 1.807) is 0 Å². The molecule has 0 spiro atoms. The standard InChI is InChI=1S/C19H26O4/c1-13(2)14-11-16-17(23-10-6-9-22-16)12-15(14)19(18(20)21)7-4-3-5-8-19/h11-13H,3-10H2,1-2H3,(H,20,21). The number of ether oxygens (including phenoxy) is 2. The molecule has 0 aromatic heterocycles. The van der Waals surface area contributed by atoms with Crippen LogP contribution in [0.5, 0.6) is 11.5 Å². The number of rotatable bonds is 3. The monoisotopic (exact) mass is 318 g/mol. The van der Waals surface area contributed by atoms with E-state index in [-0.39, 0.29) is 5.92 Å². The van der Waals surface area contributed by atoms with Crippen LogP contribution in [0.2, 0.25) is 0 Å². The van der Waals surface area contributed by atoms with Gasteiger partial charge in [-0.15, -0.1) is 0 Å². The Morgan fingerprint density at radius 2 is 1.65 bits per heavy atom. The van der Waals surface area contributed by atoms with Crippen LogP contribution >= 0.6 is 0 Å². The highest BCUT2D eigenvalue weighted by Crippen LogP contribution is 2.46. The topological polar surface area (TPSA) is 55.8 Å². The van der Waals surface area contributed by atoms with Gasteiger partial charge in [0.05, 0.1) is 18.6 Å². The molecular weight excluding hydrogens is 292 g/mol. The molecule has 126 valence electrons. The van der Waals surface area contributed by atoms with Crippen molar-refractivity contribution < 1.29 is 19.4 Å². The fourth-order valence-electron chi connectivity index (χ4n) is 3.87. The molecule has 0 bridgehead atoms. The number of carbonyl (C=O) groups is 1. The van der Waals surface area contributed by atoms with Gasteiger partial charge >= 0.3 is 5.97 Å². The van der Waals surface area contributed by atoms with Gasteiger partial charge in [-0.1, -0.05) is 33.1 Å². The zero-order valence-corrected chi connectivity index (χ0v) is 14.1. The van der Waals surface area contributed by atoms with Gasteiger partial charge in [0.15, 0.2) is 11.5 Å².